The molecular formula is C30H37BrN2O2Si. The first kappa shape index (κ1) is 26.6. The summed E-state index contributed by atoms with van der Waals surface area (Å²) in [5.74, 6) is 1.82. The number of aliphatic imine (C=N–C) groups is 1. The molecule has 4 nitrogen and oxygen atoms in total. The van der Waals surface area contributed by atoms with E-state index in [2.05, 4.69) is 115 Å². The Hall–Kier alpha value is -2.41. The van der Waals surface area contributed by atoms with E-state index in [-0.39, 0.29) is 11.1 Å². The minimum absolute atomic E-state index is 0.0566. The van der Waals surface area contributed by atoms with Crippen LogP contribution in [0, 0.1) is 0 Å². The van der Waals surface area contributed by atoms with Gasteiger partial charge in [0.15, 0.2) is 8.32 Å². The molecule has 1 aliphatic rings. The Balaban J connectivity index is 1.72. The maximum Gasteiger partial charge on any atom is 0.191 e. The van der Waals surface area contributed by atoms with Crippen molar-refractivity contribution in [3.63, 3.8) is 0 Å². The molecule has 1 unspecified atom stereocenters. The number of hydrogen-bond acceptors (Lipinski definition) is 4. The molecule has 190 valence electrons. The summed E-state index contributed by atoms with van der Waals surface area (Å²) in [5.41, 5.74) is 4.54. The summed E-state index contributed by atoms with van der Waals surface area (Å²) in [6, 6.07) is 25.4. The van der Waals surface area contributed by atoms with Crippen LogP contribution < -0.4 is 4.74 Å². The number of benzene rings is 3. The summed E-state index contributed by atoms with van der Waals surface area (Å²) in [5, 5.41) is 0.200. The van der Waals surface area contributed by atoms with Gasteiger partial charge in [-0.3, -0.25) is 0 Å². The third-order valence-corrected chi connectivity index (χ3v) is 12.4. The molecule has 1 heterocycles. The second kappa shape index (κ2) is 10.9. The van der Waals surface area contributed by atoms with Crippen molar-refractivity contribution in [3.05, 3.63) is 94.0 Å². The first-order valence-corrected chi connectivity index (χ1v) is 16.3. The first-order valence-electron chi connectivity index (χ1n) is 12.6. The first-order chi connectivity index (χ1) is 17.1. The van der Waals surface area contributed by atoms with Crippen LogP contribution in [0.5, 0.6) is 5.75 Å². The lowest BCUT2D eigenvalue weighted by atomic mass is 9.92. The van der Waals surface area contributed by atoms with Gasteiger partial charge in [-0.05, 0) is 72.6 Å². The third-order valence-electron chi connectivity index (χ3n) is 7.37. The van der Waals surface area contributed by atoms with E-state index >= 15 is 0 Å². The number of ether oxygens (including phenoxy) is 1. The van der Waals surface area contributed by atoms with Crippen LogP contribution in [-0.2, 0) is 4.43 Å². The van der Waals surface area contributed by atoms with Gasteiger partial charge >= 0.3 is 0 Å². The number of halogens is 1. The van der Waals surface area contributed by atoms with Gasteiger partial charge in [-0.15, -0.1) is 0 Å². The predicted molar refractivity (Wildman–Crippen MR) is 156 cm³/mol. The quantitative estimate of drug-likeness (QED) is 0.203. The van der Waals surface area contributed by atoms with Gasteiger partial charge in [-0.2, -0.15) is 0 Å². The lowest BCUT2D eigenvalue weighted by molar-refractivity contribution is 0.253. The Morgan fingerprint density at radius 3 is 2.31 bits per heavy atom. The molecule has 0 saturated heterocycles. The molecule has 1 atom stereocenters. The van der Waals surface area contributed by atoms with Crippen molar-refractivity contribution in [1.29, 1.82) is 0 Å². The van der Waals surface area contributed by atoms with Crippen molar-refractivity contribution in [2.24, 2.45) is 4.99 Å². The molecule has 0 spiro atoms. The smallest absolute Gasteiger partial charge is 0.191 e. The zero-order valence-corrected chi connectivity index (χ0v) is 24.8. The number of methoxy groups -OCH3 is 1. The van der Waals surface area contributed by atoms with Gasteiger partial charge in [-0.25, -0.2) is 4.99 Å². The topological polar surface area (TPSA) is 34.1 Å². The highest BCUT2D eigenvalue weighted by Crippen LogP contribution is 2.42. The molecule has 0 aliphatic carbocycles. The van der Waals surface area contributed by atoms with E-state index in [1.165, 1.54) is 11.1 Å². The average Bonchev–Trinajstić information content (AvgIpc) is 2.86. The van der Waals surface area contributed by atoms with Crippen molar-refractivity contribution in [2.75, 3.05) is 20.3 Å². The molecule has 0 fully saturated rings. The van der Waals surface area contributed by atoms with Crippen molar-refractivity contribution in [2.45, 2.75) is 51.4 Å². The second-order valence-corrected chi connectivity index (χ2v) is 16.6. The Labute approximate surface area is 225 Å². The van der Waals surface area contributed by atoms with E-state index in [0.29, 0.717) is 0 Å². The summed E-state index contributed by atoms with van der Waals surface area (Å²) in [6.07, 6.45) is 0.925. The van der Waals surface area contributed by atoms with Crippen LogP contribution in [-0.4, -0.2) is 39.3 Å². The summed E-state index contributed by atoms with van der Waals surface area (Å²) < 4.78 is 13.0. The minimum atomic E-state index is -1.80. The van der Waals surface area contributed by atoms with E-state index in [1.54, 1.807) is 7.11 Å². The zero-order chi connectivity index (χ0) is 25.9. The molecule has 0 N–H and O–H groups in total. The molecule has 3 aromatic carbocycles. The maximum absolute atomic E-state index is 6.53. The number of amidine groups is 1. The van der Waals surface area contributed by atoms with E-state index in [0.717, 1.165) is 46.9 Å². The summed E-state index contributed by atoms with van der Waals surface area (Å²) in [7, 11) is -0.102. The van der Waals surface area contributed by atoms with Crippen LogP contribution in [0.15, 0.2) is 82.3 Å². The van der Waals surface area contributed by atoms with Gasteiger partial charge in [0.05, 0.1) is 18.8 Å². The van der Waals surface area contributed by atoms with E-state index in [9.17, 15) is 0 Å². The lowest BCUT2D eigenvalue weighted by Gasteiger charge is -2.40. The highest BCUT2D eigenvalue weighted by molar-refractivity contribution is 9.10. The van der Waals surface area contributed by atoms with Crippen LogP contribution in [0.1, 0.15) is 49.9 Å². The average molecular weight is 566 g/mol. The zero-order valence-electron chi connectivity index (χ0n) is 22.2. The molecule has 0 saturated carbocycles. The number of hydrogen-bond donors (Lipinski definition) is 0. The van der Waals surface area contributed by atoms with Gasteiger partial charge in [0.1, 0.15) is 11.6 Å². The van der Waals surface area contributed by atoms with Crippen LogP contribution in [0.4, 0.5) is 5.69 Å². The van der Waals surface area contributed by atoms with Gasteiger partial charge in [0.25, 0.3) is 0 Å². The molecule has 0 aromatic heterocycles. The van der Waals surface area contributed by atoms with Gasteiger partial charge in [-0.1, -0.05) is 67.0 Å². The van der Waals surface area contributed by atoms with Crippen molar-refractivity contribution < 1.29 is 9.16 Å². The van der Waals surface area contributed by atoms with Crippen molar-refractivity contribution >= 4 is 35.8 Å². The standard InChI is InChI=1S/C30H37BrN2O2Si/c1-30(2,3)36(5,6)35-20-10-19-33-28(22-11-8-7-9-12-22)26-21-24(31)15-18-27(26)32-29(33)23-13-16-25(34-4)17-14-23/h7-9,11-18,21,28H,10,19-20H2,1-6H3. The van der Waals surface area contributed by atoms with Gasteiger partial charge in [0.2, 0.25) is 0 Å². The molecule has 0 amide bonds. The number of nitrogens with zero attached hydrogens (tertiary/aromatic N) is 2. The van der Waals surface area contributed by atoms with Crippen molar-refractivity contribution in [3.8, 4) is 5.75 Å². The van der Waals surface area contributed by atoms with E-state index < -0.39 is 8.32 Å². The Morgan fingerprint density at radius 1 is 0.972 bits per heavy atom. The SMILES string of the molecule is COc1ccc(C2=Nc3ccc(Br)cc3C(c3ccccc3)N2CCCO[Si](C)(C)C(C)(C)C)cc1. The highest BCUT2D eigenvalue weighted by Gasteiger charge is 2.37. The third kappa shape index (κ3) is 5.77. The monoisotopic (exact) mass is 564 g/mol. The summed E-state index contributed by atoms with van der Waals surface area (Å²) in [6.45, 7) is 13.1. The second-order valence-electron chi connectivity index (χ2n) is 10.8. The number of fused-ring (bicyclic) bond motifs is 1. The molecule has 0 radical (unpaired) electrons. The highest BCUT2D eigenvalue weighted by atomic mass is 79.9. The molecule has 4 rings (SSSR count). The predicted octanol–water partition coefficient (Wildman–Crippen LogP) is 8.35. The Kier molecular flexibility index (Phi) is 8.08. The fourth-order valence-electron chi connectivity index (χ4n) is 4.29. The van der Waals surface area contributed by atoms with E-state index in [1.807, 2.05) is 12.1 Å². The molecule has 3 aromatic rings. The Morgan fingerprint density at radius 2 is 1.67 bits per heavy atom. The van der Waals surface area contributed by atoms with Crippen LogP contribution in [0.25, 0.3) is 0 Å². The van der Waals surface area contributed by atoms with Crippen molar-refractivity contribution in [1.82, 2.24) is 4.90 Å². The molecule has 0 bridgehead atoms. The summed E-state index contributed by atoms with van der Waals surface area (Å²) in [4.78, 5) is 7.63. The molecule has 36 heavy (non-hydrogen) atoms. The minimum Gasteiger partial charge on any atom is -0.497 e. The van der Waals surface area contributed by atoms with Gasteiger partial charge in [0, 0.05) is 28.8 Å². The fraction of sp³-hybridized carbons (Fsp3) is 0.367. The van der Waals surface area contributed by atoms with Crippen LogP contribution in [0.3, 0.4) is 0 Å². The molecule has 6 heteroatoms. The summed E-state index contributed by atoms with van der Waals surface area (Å²) >= 11 is 3.69. The Bertz CT molecular complexity index is 1200. The van der Waals surface area contributed by atoms with Gasteiger partial charge < -0.3 is 14.1 Å². The fourth-order valence-corrected chi connectivity index (χ4v) is 5.76. The number of rotatable bonds is 8. The van der Waals surface area contributed by atoms with E-state index in [4.69, 9.17) is 14.2 Å². The van der Waals surface area contributed by atoms with Crippen LogP contribution >= 0.6 is 15.9 Å². The van der Waals surface area contributed by atoms with Crippen LogP contribution in [0.2, 0.25) is 18.1 Å². The molecular weight excluding hydrogens is 528 g/mol. The maximum atomic E-state index is 6.53. The lowest BCUT2D eigenvalue weighted by Crippen LogP contribution is -2.42. The molecule has 1 aliphatic heterocycles. The largest absolute Gasteiger partial charge is 0.497 e. The normalized spacial score (nSPS) is 15.9.